The van der Waals surface area contributed by atoms with Crippen molar-refractivity contribution in [3.05, 3.63) is 28.5 Å². The van der Waals surface area contributed by atoms with Crippen LogP contribution in [0.15, 0.2) is 22.8 Å². The summed E-state index contributed by atoms with van der Waals surface area (Å²) in [5, 5.41) is 11.4. The lowest BCUT2D eigenvalue weighted by molar-refractivity contribution is -0.127. The van der Waals surface area contributed by atoms with Crippen LogP contribution in [-0.4, -0.2) is 27.0 Å². The third kappa shape index (κ3) is 2.87. The molecule has 3 N–H and O–H groups in total. The fourth-order valence-corrected chi connectivity index (χ4v) is 2.47. The Hall–Kier alpha value is -1.60. The second-order valence-electron chi connectivity index (χ2n) is 4.09. The van der Waals surface area contributed by atoms with Gasteiger partial charge in [0.1, 0.15) is 11.5 Å². The minimum absolute atomic E-state index is 0.0191. The second kappa shape index (κ2) is 6.03. The highest BCUT2D eigenvalue weighted by Gasteiger charge is 2.13. The number of aromatic nitrogens is 2. The average Bonchev–Trinajstić information content (AvgIpc) is 2.76. The number of amides is 1. The number of hydroxylamine groups is 1. The maximum Gasteiger partial charge on any atom is 0.262 e. The first kappa shape index (κ1) is 13.8. The molecular weight excluding hydrogens is 312 g/mol. The summed E-state index contributed by atoms with van der Waals surface area (Å²) >= 11 is 3.50. The molecule has 1 amide bonds. The smallest absolute Gasteiger partial charge is 0.262 e. The van der Waals surface area contributed by atoms with Gasteiger partial charge in [-0.2, -0.15) is 0 Å². The monoisotopic (exact) mass is 326 g/mol. The van der Waals surface area contributed by atoms with Crippen molar-refractivity contribution in [1.82, 2.24) is 14.9 Å². The molecule has 2 aromatic heterocycles. The van der Waals surface area contributed by atoms with Gasteiger partial charge in [-0.1, -0.05) is 19.4 Å². The van der Waals surface area contributed by atoms with E-state index in [0.29, 0.717) is 5.82 Å². The normalized spacial score (nSPS) is 10.7. The number of hydrogen-bond donors (Lipinski definition) is 3. The zero-order valence-electron chi connectivity index (χ0n) is 10.5. The van der Waals surface area contributed by atoms with E-state index in [0.717, 1.165) is 28.8 Å². The molecule has 0 aliphatic heterocycles. The third-order valence-electron chi connectivity index (χ3n) is 2.72. The Morgan fingerprint density at radius 2 is 2.32 bits per heavy atom. The number of nitrogens with zero attached hydrogens (tertiary/aromatic N) is 2. The van der Waals surface area contributed by atoms with E-state index in [2.05, 4.69) is 33.2 Å². The summed E-state index contributed by atoms with van der Waals surface area (Å²) in [6, 6.07) is 5.76. The van der Waals surface area contributed by atoms with Crippen LogP contribution in [0.25, 0.3) is 5.65 Å². The van der Waals surface area contributed by atoms with Gasteiger partial charge in [0.2, 0.25) is 0 Å². The van der Waals surface area contributed by atoms with Crippen molar-refractivity contribution in [2.45, 2.75) is 19.8 Å². The summed E-state index contributed by atoms with van der Waals surface area (Å²) < 4.78 is 2.92. The minimum Gasteiger partial charge on any atom is -0.359 e. The molecule has 0 aliphatic rings. The molecule has 0 aromatic carbocycles. The maximum atomic E-state index is 11.1. The molecule has 2 aromatic rings. The van der Waals surface area contributed by atoms with Crippen LogP contribution in [0.4, 0.5) is 5.82 Å². The Morgan fingerprint density at radius 1 is 1.53 bits per heavy atom. The van der Waals surface area contributed by atoms with Crippen LogP contribution in [0.3, 0.4) is 0 Å². The molecule has 0 fully saturated rings. The molecule has 102 valence electrons. The van der Waals surface area contributed by atoms with Crippen molar-refractivity contribution in [2.75, 3.05) is 11.9 Å². The molecule has 0 aliphatic carbocycles. The van der Waals surface area contributed by atoms with Crippen molar-refractivity contribution >= 4 is 33.3 Å². The first-order chi connectivity index (χ1) is 9.17. The van der Waals surface area contributed by atoms with Gasteiger partial charge in [-0.05, 0) is 34.5 Å². The predicted molar refractivity (Wildman–Crippen MR) is 75.3 cm³/mol. The van der Waals surface area contributed by atoms with Gasteiger partial charge >= 0.3 is 0 Å². The molecule has 2 rings (SSSR count). The molecular formula is C12H15BrN4O2. The molecule has 0 atom stereocenters. The van der Waals surface area contributed by atoms with E-state index in [-0.39, 0.29) is 6.54 Å². The number of pyridine rings is 1. The highest BCUT2D eigenvalue weighted by molar-refractivity contribution is 9.10. The molecule has 0 saturated heterocycles. The molecule has 0 spiro atoms. The first-order valence-electron chi connectivity index (χ1n) is 6.00. The summed E-state index contributed by atoms with van der Waals surface area (Å²) in [5.74, 6) is 0.163. The fourth-order valence-electron chi connectivity index (χ4n) is 1.92. The summed E-state index contributed by atoms with van der Waals surface area (Å²) in [7, 11) is 0. The molecule has 0 saturated carbocycles. The largest absolute Gasteiger partial charge is 0.359 e. The lowest BCUT2D eigenvalue weighted by Crippen LogP contribution is -2.27. The van der Waals surface area contributed by atoms with Crippen molar-refractivity contribution in [1.29, 1.82) is 0 Å². The van der Waals surface area contributed by atoms with Crippen LogP contribution in [0.5, 0.6) is 0 Å². The molecule has 7 heteroatoms. The third-order valence-corrected chi connectivity index (χ3v) is 3.34. The highest BCUT2D eigenvalue weighted by Crippen LogP contribution is 2.23. The number of anilines is 1. The van der Waals surface area contributed by atoms with Crippen molar-refractivity contribution in [2.24, 2.45) is 0 Å². The zero-order valence-corrected chi connectivity index (χ0v) is 12.1. The number of nitrogens with one attached hydrogen (secondary N) is 2. The Balaban J connectivity index is 2.39. The number of halogens is 1. The molecule has 0 bridgehead atoms. The summed E-state index contributed by atoms with van der Waals surface area (Å²) in [5.41, 5.74) is 3.41. The predicted octanol–water partition coefficient (Wildman–Crippen LogP) is 1.97. The van der Waals surface area contributed by atoms with Gasteiger partial charge in [0, 0.05) is 0 Å². The number of fused-ring (bicyclic) bond motifs is 1. The van der Waals surface area contributed by atoms with E-state index >= 15 is 0 Å². The van der Waals surface area contributed by atoms with Crippen LogP contribution in [0, 0.1) is 0 Å². The van der Waals surface area contributed by atoms with Crippen LogP contribution in [0.2, 0.25) is 0 Å². The van der Waals surface area contributed by atoms with Gasteiger partial charge in [-0.25, -0.2) is 10.5 Å². The lowest BCUT2D eigenvalue weighted by Gasteiger charge is -2.06. The van der Waals surface area contributed by atoms with Gasteiger partial charge in [-0.15, -0.1) is 0 Å². The van der Waals surface area contributed by atoms with Crippen LogP contribution >= 0.6 is 15.9 Å². The van der Waals surface area contributed by atoms with Crippen molar-refractivity contribution < 1.29 is 10.0 Å². The maximum absolute atomic E-state index is 11.1. The lowest BCUT2D eigenvalue weighted by atomic mass is 10.2. The Bertz CT molecular complexity index is 597. The van der Waals surface area contributed by atoms with Crippen molar-refractivity contribution in [3.8, 4) is 0 Å². The average molecular weight is 327 g/mol. The standard InChI is InChI=1S/C12H15BrN4O2/c1-2-4-8-12(14-7-11(18)16-19)15-10-6-3-5-9(13)17(8)10/h3,5-6,14,19H,2,4,7H2,1H3,(H,16,18). The SMILES string of the molecule is CCCc1c(NCC(=O)NO)nc2cccc(Br)n12. The second-order valence-corrected chi connectivity index (χ2v) is 4.90. The summed E-state index contributed by atoms with van der Waals surface area (Å²) in [6.45, 7) is 2.06. The highest BCUT2D eigenvalue weighted by atomic mass is 79.9. The minimum atomic E-state index is -0.501. The van der Waals surface area contributed by atoms with Gasteiger partial charge < -0.3 is 5.32 Å². The van der Waals surface area contributed by atoms with Crippen LogP contribution in [-0.2, 0) is 11.2 Å². The van der Waals surface area contributed by atoms with Gasteiger partial charge in [0.05, 0.1) is 16.8 Å². The van der Waals surface area contributed by atoms with E-state index < -0.39 is 5.91 Å². The summed E-state index contributed by atoms with van der Waals surface area (Å²) in [4.78, 5) is 15.5. The number of carbonyl (C=O) groups is 1. The molecule has 0 unspecified atom stereocenters. The van der Waals surface area contributed by atoms with Gasteiger partial charge in [0.25, 0.3) is 5.91 Å². The number of imidazole rings is 1. The molecule has 6 nitrogen and oxygen atoms in total. The van der Waals surface area contributed by atoms with Gasteiger partial charge in [0.15, 0.2) is 0 Å². The molecule has 2 heterocycles. The quantitative estimate of drug-likeness (QED) is 0.446. The van der Waals surface area contributed by atoms with Crippen LogP contribution in [0.1, 0.15) is 19.0 Å². The summed E-state index contributed by atoms with van der Waals surface area (Å²) in [6.07, 6.45) is 1.81. The van der Waals surface area contributed by atoms with Crippen LogP contribution < -0.4 is 10.8 Å². The number of hydrogen-bond acceptors (Lipinski definition) is 4. The fraction of sp³-hybridized carbons (Fsp3) is 0.333. The Morgan fingerprint density at radius 3 is 3.00 bits per heavy atom. The molecule has 19 heavy (non-hydrogen) atoms. The van der Waals surface area contributed by atoms with E-state index in [1.54, 1.807) is 5.48 Å². The topological polar surface area (TPSA) is 78.7 Å². The van der Waals surface area contributed by atoms with Crippen molar-refractivity contribution in [3.63, 3.8) is 0 Å². The number of rotatable bonds is 5. The zero-order chi connectivity index (χ0) is 13.8. The van der Waals surface area contributed by atoms with E-state index in [1.165, 1.54) is 0 Å². The number of carbonyl (C=O) groups excluding carboxylic acids is 1. The van der Waals surface area contributed by atoms with E-state index in [9.17, 15) is 4.79 Å². The Kier molecular flexibility index (Phi) is 4.39. The Labute approximate surface area is 118 Å². The van der Waals surface area contributed by atoms with E-state index in [1.807, 2.05) is 22.6 Å². The van der Waals surface area contributed by atoms with E-state index in [4.69, 9.17) is 5.21 Å². The van der Waals surface area contributed by atoms with Gasteiger partial charge in [-0.3, -0.25) is 14.4 Å². The number of aryl methyl sites for hydroxylation is 1. The molecule has 0 radical (unpaired) electrons. The first-order valence-corrected chi connectivity index (χ1v) is 6.79.